The summed E-state index contributed by atoms with van der Waals surface area (Å²) in [5.74, 6) is -0.336. The number of pyridine rings is 1. The Kier molecular flexibility index (Phi) is 2.65. The number of amides is 1. The number of rotatable bonds is 2. The average molecular weight is 212 g/mol. The number of hydrogen-bond donors (Lipinski definition) is 2. The van der Waals surface area contributed by atoms with Gasteiger partial charge in [-0.3, -0.25) is 4.79 Å². The largest absolute Gasteiger partial charge is 0.366 e. The summed E-state index contributed by atoms with van der Waals surface area (Å²) >= 11 is 0. The van der Waals surface area contributed by atoms with E-state index in [9.17, 15) is 4.79 Å². The lowest BCUT2D eigenvalue weighted by molar-refractivity contribution is 0.102. The van der Waals surface area contributed by atoms with Gasteiger partial charge in [0.2, 0.25) is 0 Å². The maximum absolute atomic E-state index is 11.7. The normalized spacial score (nSPS) is 9.44. The first-order valence-electron chi connectivity index (χ1n) is 4.61. The van der Waals surface area contributed by atoms with Crippen molar-refractivity contribution in [2.75, 3.05) is 5.32 Å². The number of aromatic amines is 1. The van der Waals surface area contributed by atoms with E-state index in [1.807, 2.05) is 6.07 Å². The maximum Gasteiger partial charge on any atom is 0.274 e. The van der Waals surface area contributed by atoms with E-state index in [1.165, 1.54) is 0 Å². The summed E-state index contributed by atoms with van der Waals surface area (Å²) in [6, 6.07) is 8.34. The Morgan fingerprint density at radius 2 is 2.31 bits per heavy atom. The predicted molar refractivity (Wildman–Crippen MR) is 57.7 cm³/mol. The fourth-order valence-corrected chi connectivity index (χ4v) is 1.22. The van der Waals surface area contributed by atoms with E-state index in [0.29, 0.717) is 5.69 Å². The summed E-state index contributed by atoms with van der Waals surface area (Å²) in [7, 11) is 0. The molecule has 2 rings (SSSR count). The molecule has 0 atom stereocenters. The van der Waals surface area contributed by atoms with E-state index < -0.39 is 0 Å². The summed E-state index contributed by atoms with van der Waals surface area (Å²) in [6.07, 6.45) is 3.36. The summed E-state index contributed by atoms with van der Waals surface area (Å²) in [5, 5.41) is 11.3. The summed E-state index contributed by atoms with van der Waals surface area (Å²) in [4.78, 5) is 18.4. The second kappa shape index (κ2) is 4.28. The van der Waals surface area contributed by atoms with Gasteiger partial charge in [0.1, 0.15) is 17.5 Å². The van der Waals surface area contributed by atoms with Gasteiger partial charge in [-0.1, -0.05) is 6.07 Å². The van der Waals surface area contributed by atoms with Gasteiger partial charge in [-0.05, 0) is 18.2 Å². The molecule has 0 unspecified atom stereocenters. The molecule has 0 aliphatic carbocycles. The van der Waals surface area contributed by atoms with E-state index >= 15 is 0 Å². The lowest BCUT2D eigenvalue weighted by Crippen LogP contribution is -2.13. The minimum absolute atomic E-state index is 0.222. The number of aromatic nitrogens is 2. The van der Waals surface area contributed by atoms with Crippen molar-refractivity contribution in [2.45, 2.75) is 0 Å². The Hall–Kier alpha value is -2.61. The summed E-state index contributed by atoms with van der Waals surface area (Å²) < 4.78 is 0. The lowest BCUT2D eigenvalue weighted by Gasteiger charge is -2.01. The first-order valence-corrected chi connectivity index (χ1v) is 4.61. The Labute approximate surface area is 91.8 Å². The van der Waals surface area contributed by atoms with Crippen molar-refractivity contribution in [3.8, 4) is 6.07 Å². The lowest BCUT2D eigenvalue weighted by atomic mass is 10.3. The molecule has 0 aliphatic heterocycles. The van der Waals surface area contributed by atoms with Crippen molar-refractivity contribution >= 4 is 11.6 Å². The van der Waals surface area contributed by atoms with Gasteiger partial charge in [0, 0.05) is 12.4 Å². The fraction of sp³-hybridized carbons (Fsp3) is 0. The highest BCUT2D eigenvalue weighted by Crippen LogP contribution is 2.06. The molecule has 0 fully saturated rings. The van der Waals surface area contributed by atoms with E-state index in [2.05, 4.69) is 15.3 Å². The third-order valence-electron chi connectivity index (χ3n) is 1.95. The van der Waals surface area contributed by atoms with Crippen LogP contribution in [0.1, 0.15) is 16.2 Å². The molecule has 5 nitrogen and oxygen atoms in total. The van der Waals surface area contributed by atoms with E-state index in [4.69, 9.17) is 5.26 Å². The number of nitrogens with zero attached hydrogens (tertiary/aromatic N) is 2. The SMILES string of the molecule is N#Cc1cccc(C(=O)Nc2cc[nH]c2)n1. The molecular weight excluding hydrogens is 204 g/mol. The van der Waals surface area contributed by atoms with Gasteiger partial charge in [-0.25, -0.2) is 4.98 Å². The Bertz CT molecular complexity index is 539. The Morgan fingerprint density at radius 3 is 3.00 bits per heavy atom. The van der Waals surface area contributed by atoms with Gasteiger partial charge in [0.15, 0.2) is 0 Å². The van der Waals surface area contributed by atoms with Gasteiger partial charge >= 0.3 is 0 Å². The Balaban J connectivity index is 2.18. The van der Waals surface area contributed by atoms with Crippen molar-refractivity contribution in [2.24, 2.45) is 0 Å². The monoisotopic (exact) mass is 212 g/mol. The summed E-state index contributed by atoms with van der Waals surface area (Å²) in [6.45, 7) is 0. The van der Waals surface area contributed by atoms with Crippen LogP contribution in [0.15, 0.2) is 36.7 Å². The number of hydrogen-bond acceptors (Lipinski definition) is 3. The quantitative estimate of drug-likeness (QED) is 0.792. The first-order chi connectivity index (χ1) is 7.79. The molecule has 0 bridgehead atoms. The van der Waals surface area contributed by atoms with Crippen molar-refractivity contribution in [3.05, 3.63) is 48.0 Å². The van der Waals surface area contributed by atoms with Crippen LogP contribution in [0, 0.1) is 11.3 Å². The van der Waals surface area contributed by atoms with E-state index in [-0.39, 0.29) is 17.3 Å². The molecule has 0 saturated carbocycles. The van der Waals surface area contributed by atoms with Crippen LogP contribution in [0.5, 0.6) is 0 Å². The molecule has 0 saturated heterocycles. The molecule has 2 heterocycles. The Morgan fingerprint density at radius 1 is 1.44 bits per heavy atom. The third kappa shape index (κ3) is 2.07. The number of carbonyl (C=O) groups excluding carboxylic acids is 1. The highest BCUT2D eigenvalue weighted by molar-refractivity contribution is 6.02. The average Bonchev–Trinajstić information content (AvgIpc) is 2.82. The molecule has 5 heteroatoms. The van der Waals surface area contributed by atoms with E-state index in [0.717, 1.165) is 0 Å². The van der Waals surface area contributed by atoms with Crippen molar-refractivity contribution in [1.82, 2.24) is 9.97 Å². The van der Waals surface area contributed by atoms with Crippen LogP contribution >= 0.6 is 0 Å². The predicted octanol–water partition coefficient (Wildman–Crippen LogP) is 1.53. The van der Waals surface area contributed by atoms with Gasteiger partial charge < -0.3 is 10.3 Å². The molecule has 0 aromatic carbocycles. The van der Waals surface area contributed by atoms with Crippen LogP contribution < -0.4 is 5.32 Å². The highest BCUT2D eigenvalue weighted by Gasteiger charge is 2.08. The zero-order valence-electron chi connectivity index (χ0n) is 8.27. The minimum atomic E-state index is -0.336. The van der Waals surface area contributed by atoms with Crippen LogP contribution in [-0.4, -0.2) is 15.9 Å². The van der Waals surface area contributed by atoms with E-state index in [1.54, 1.807) is 36.7 Å². The number of nitrogens with one attached hydrogen (secondary N) is 2. The smallest absolute Gasteiger partial charge is 0.274 e. The van der Waals surface area contributed by atoms with Gasteiger partial charge in [0.05, 0.1) is 5.69 Å². The highest BCUT2D eigenvalue weighted by atomic mass is 16.1. The number of nitriles is 1. The minimum Gasteiger partial charge on any atom is -0.366 e. The molecule has 0 aliphatic rings. The molecule has 78 valence electrons. The zero-order valence-corrected chi connectivity index (χ0v) is 8.27. The first kappa shape index (κ1) is 9.93. The summed E-state index contributed by atoms with van der Waals surface area (Å²) in [5.41, 5.74) is 1.11. The van der Waals surface area contributed by atoms with Crippen molar-refractivity contribution in [1.29, 1.82) is 5.26 Å². The van der Waals surface area contributed by atoms with Gasteiger partial charge in [-0.15, -0.1) is 0 Å². The second-order valence-electron chi connectivity index (χ2n) is 3.07. The van der Waals surface area contributed by atoms with Gasteiger partial charge in [0.25, 0.3) is 5.91 Å². The molecule has 0 spiro atoms. The number of H-pyrrole nitrogens is 1. The zero-order chi connectivity index (χ0) is 11.4. The van der Waals surface area contributed by atoms with Crippen LogP contribution in [-0.2, 0) is 0 Å². The standard InChI is InChI=1S/C11H8N4O/c12-6-8-2-1-3-10(14-8)11(16)15-9-4-5-13-7-9/h1-5,7,13H,(H,15,16). The van der Waals surface area contributed by atoms with Crippen molar-refractivity contribution < 1.29 is 4.79 Å². The van der Waals surface area contributed by atoms with Crippen molar-refractivity contribution in [3.63, 3.8) is 0 Å². The van der Waals surface area contributed by atoms with Crippen LogP contribution in [0.25, 0.3) is 0 Å². The molecule has 2 N–H and O–H groups in total. The van der Waals surface area contributed by atoms with Crippen LogP contribution in [0.4, 0.5) is 5.69 Å². The molecular formula is C11H8N4O. The fourth-order valence-electron chi connectivity index (χ4n) is 1.22. The maximum atomic E-state index is 11.7. The second-order valence-corrected chi connectivity index (χ2v) is 3.07. The number of anilines is 1. The number of carbonyl (C=O) groups is 1. The molecule has 0 radical (unpaired) electrons. The molecule has 2 aromatic heterocycles. The molecule has 16 heavy (non-hydrogen) atoms. The molecule has 2 aromatic rings. The topological polar surface area (TPSA) is 81.6 Å². The van der Waals surface area contributed by atoms with Crippen LogP contribution in [0.3, 0.4) is 0 Å². The van der Waals surface area contributed by atoms with Crippen LogP contribution in [0.2, 0.25) is 0 Å². The van der Waals surface area contributed by atoms with Gasteiger partial charge in [-0.2, -0.15) is 5.26 Å². The molecule has 1 amide bonds. The third-order valence-corrected chi connectivity index (χ3v) is 1.95.